The number of thioether (sulfide) groups is 1. The van der Waals surface area contributed by atoms with Crippen LogP contribution in [0.15, 0.2) is 51.9 Å². The third kappa shape index (κ3) is 4.44. The summed E-state index contributed by atoms with van der Waals surface area (Å²) in [5, 5.41) is 15.5. The Hall–Kier alpha value is -2.91. The zero-order valence-electron chi connectivity index (χ0n) is 13.9. The van der Waals surface area contributed by atoms with Gasteiger partial charge in [-0.15, -0.1) is 11.8 Å². The standard InChI is InChI=1S/C17H12ClN3O5S/c1-27-14-7-4-11(8-13(14)21(23)24)17(22)25-9-15-19-16(20-26-15)10-2-5-12(18)6-3-10/h2-8H,9H2,1H3. The van der Waals surface area contributed by atoms with Crippen molar-refractivity contribution in [2.24, 2.45) is 0 Å². The predicted octanol–water partition coefficient (Wildman–Crippen LogP) is 4.38. The van der Waals surface area contributed by atoms with Crippen molar-refractivity contribution in [1.29, 1.82) is 0 Å². The highest BCUT2D eigenvalue weighted by molar-refractivity contribution is 7.98. The normalized spacial score (nSPS) is 10.6. The zero-order valence-corrected chi connectivity index (χ0v) is 15.5. The maximum absolute atomic E-state index is 12.2. The Bertz CT molecular complexity index is 990. The number of aromatic nitrogens is 2. The monoisotopic (exact) mass is 405 g/mol. The molecule has 0 aliphatic heterocycles. The lowest BCUT2D eigenvalue weighted by Crippen LogP contribution is -2.06. The van der Waals surface area contributed by atoms with Gasteiger partial charge in [0, 0.05) is 16.7 Å². The summed E-state index contributed by atoms with van der Waals surface area (Å²) >= 11 is 7.05. The second-order valence-corrected chi connectivity index (χ2v) is 6.52. The van der Waals surface area contributed by atoms with Crippen LogP contribution in [0.2, 0.25) is 5.02 Å². The quantitative estimate of drug-likeness (QED) is 0.257. The molecule has 0 saturated heterocycles. The van der Waals surface area contributed by atoms with Gasteiger partial charge in [-0.1, -0.05) is 16.8 Å². The molecule has 0 atom stereocenters. The molecular formula is C17H12ClN3O5S. The number of benzene rings is 2. The Morgan fingerprint density at radius 3 is 2.70 bits per heavy atom. The highest BCUT2D eigenvalue weighted by Gasteiger charge is 2.19. The van der Waals surface area contributed by atoms with E-state index >= 15 is 0 Å². The zero-order chi connectivity index (χ0) is 19.4. The third-order valence-electron chi connectivity index (χ3n) is 3.51. The van der Waals surface area contributed by atoms with Gasteiger partial charge in [0.1, 0.15) is 0 Å². The molecule has 0 radical (unpaired) electrons. The van der Waals surface area contributed by atoms with Crippen molar-refractivity contribution >= 4 is 35.0 Å². The van der Waals surface area contributed by atoms with Gasteiger partial charge in [0.2, 0.25) is 5.82 Å². The first-order valence-electron chi connectivity index (χ1n) is 7.56. The molecule has 2 aromatic carbocycles. The molecule has 10 heteroatoms. The summed E-state index contributed by atoms with van der Waals surface area (Å²) in [5.41, 5.74) is 0.612. The molecular weight excluding hydrogens is 394 g/mol. The van der Waals surface area contributed by atoms with Gasteiger partial charge in [0.15, 0.2) is 6.61 Å². The first-order chi connectivity index (χ1) is 13.0. The number of nitro groups is 1. The maximum Gasteiger partial charge on any atom is 0.338 e. The average molecular weight is 406 g/mol. The van der Waals surface area contributed by atoms with Crippen LogP contribution in [0.25, 0.3) is 11.4 Å². The number of carbonyl (C=O) groups is 1. The van der Waals surface area contributed by atoms with E-state index in [0.717, 1.165) is 0 Å². The van der Waals surface area contributed by atoms with Crippen molar-refractivity contribution in [3.05, 3.63) is 69.1 Å². The van der Waals surface area contributed by atoms with E-state index in [2.05, 4.69) is 10.1 Å². The second-order valence-electron chi connectivity index (χ2n) is 5.24. The smallest absolute Gasteiger partial charge is 0.338 e. The molecule has 0 N–H and O–H groups in total. The summed E-state index contributed by atoms with van der Waals surface area (Å²) in [7, 11) is 0. The fourth-order valence-electron chi connectivity index (χ4n) is 2.20. The summed E-state index contributed by atoms with van der Waals surface area (Å²) in [6.45, 7) is -0.252. The minimum Gasteiger partial charge on any atom is -0.452 e. The molecule has 0 saturated carbocycles. The largest absolute Gasteiger partial charge is 0.452 e. The Labute approximate surface area is 162 Å². The van der Waals surface area contributed by atoms with Crippen LogP contribution in [0, 0.1) is 10.1 Å². The maximum atomic E-state index is 12.2. The third-order valence-corrected chi connectivity index (χ3v) is 4.55. The molecule has 0 fully saturated rings. The lowest BCUT2D eigenvalue weighted by Gasteiger charge is -2.04. The van der Waals surface area contributed by atoms with Gasteiger partial charge >= 0.3 is 5.97 Å². The summed E-state index contributed by atoms with van der Waals surface area (Å²) in [6, 6.07) is 11.0. The molecule has 0 amide bonds. The van der Waals surface area contributed by atoms with E-state index in [1.807, 2.05) is 0 Å². The van der Waals surface area contributed by atoms with Crippen LogP contribution in [0.1, 0.15) is 16.2 Å². The molecule has 1 aromatic heterocycles. The van der Waals surface area contributed by atoms with E-state index in [9.17, 15) is 14.9 Å². The van der Waals surface area contributed by atoms with E-state index in [1.54, 1.807) is 30.5 Å². The van der Waals surface area contributed by atoms with E-state index in [-0.39, 0.29) is 23.7 Å². The molecule has 0 spiro atoms. The van der Waals surface area contributed by atoms with Crippen LogP contribution in [-0.2, 0) is 11.3 Å². The van der Waals surface area contributed by atoms with Gasteiger partial charge < -0.3 is 9.26 Å². The fourth-order valence-corrected chi connectivity index (χ4v) is 2.87. The van der Waals surface area contributed by atoms with Crippen LogP contribution >= 0.6 is 23.4 Å². The topological polar surface area (TPSA) is 108 Å². The average Bonchev–Trinajstić information content (AvgIpc) is 3.15. The van der Waals surface area contributed by atoms with Crippen molar-refractivity contribution in [2.75, 3.05) is 6.26 Å². The van der Waals surface area contributed by atoms with Gasteiger partial charge in [0.25, 0.3) is 11.6 Å². The van der Waals surface area contributed by atoms with E-state index < -0.39 is 10.9 Å². The molecule has 1 heterocycles. The summed E-state index contributed by atoms with van der Waals surface area (Å²) in [5.74, 6) is -0.293. The SMILES string of the molecule is CSc1ccc(C(=O)OCc2nc(-c3ccc(Cl)cc3)no2)cc1[N+](=O)[O-]. The Balaban J connectivity index is 1.68. The molecule has 3 rings (SSSR count). The van der Waals surface area contributed by atoms with Crippen LogP contribution < -0.4 is 0 Å². The lowest BCUT2D eigenvalue weighted by molar-refractivity contribution is -0.387. The minimum absolute atomic E-state index is 0.0666. The van der Waals surface area contributed by atoms with Gasteiger partial charge in [-0.25, -0.2) is 4.79 Å². The van der Waals surface area contributed by atoms with Crippen LogP contribution in [-0.4, -0.2) is 27.3 Å². The predicted molar refractivity (Wildman–Crippen MR) is 98.7 cm³/mol. The molecule has 27 heavy (non-hydrogen) atoms. The summed E-state index contributed by atoms with van der Waals surface area (Å²) in [6.07, 6.45) is 1.72. The number of nitrogens with zero attached hydrogens (tertiary/aromatic N) is 3. The molecule has 0 aliphatic rings. The number of hydrogen-bond donors (Lipinski definition) is 0. The fraction of sp³-hybridized carbons (Fsp3) is 0.118. The molecule has 8 nitrogen and oxygen atoms in total. The number of nitro benzene ring substituents is 1. The van der Waals surface area contributed by atoms with E-state index in [4.69, 9.17) is 20.9 Å². The van der Waals surface area contributed by atoms with Crippen LogP contribution in [0.5, 0.6) is 0 Å². The van der Waals surface area contributed by atoms with Crippen molar-refractivity contribution in [1.82, 2.24) is 10.1 Å². The van der Waals surface area contributed by atoms with Crippen LogP contribution in [0.3, 0.4) is 0 Å². The Morgan fingerprint density at radius 2 is 2.04 bits per heavy atom. The first-order valence-corrected chi connectivity index (χ1v) is 9.16. The Kier molecular flexibility index (Phi) is 5.72. The highest BCUT2D eigenvalue weighted by Crippen LogP contribution is 2.28. The summed E-state index contributed by atoms with van der Waals surface area (Å²) in [4.78, 5) is 27.3. The number of ether oxygens (including phenoxy) is 1. The van der Waals surface area contributed by atoms with Crippen molar-refractivity contribution in [3.8, 4) is 11.4 Å². The van der Waals surface area contributed by atoms with E-state index in [0.29, 0.717) is 21.3 Å². The van der Waals surface area contributed by atoms with Gasteiger partial charge in [-0.3, -0.25) is 10.1 Å². The number of esters is 1. The first kappa shape index (κ1) is 18.9. The van der Waals surface area contributed by atoms with Gasteiger partial charge in [-0.05, 0) is 42.7 Å². The molecule has 0 aliphatic carbocycles. The molecule has 138 valence electrons. The van der Waals surface area contributed by atoms with Crippen molar-refractivity contribution in [2.45, 2.75) is 11.5 Å². The van der Waals surface area contributed by atoms with Crippen molar-refractivity contribution in [3.63, 3.8) is 0 Å². The highest BCUT2D eigenvalue weighted by atomic mass is 35.5. The van der Waals surface area contributed by atoms with Gasteiger partial charge in [0.05, 0.1) is 15.4 Å². The number of carbonyl (C=O) groups excluding carboxylic acids is 1. The summed E-state index contributed by atoms with van der Waals surface area (Å²) < 4.78 is 10.2. The molecule has 3 aromatic rings. The lowest BCUT2D eigenvalue weighted by atomic mass is 10.2. The van der Waals surface area contributed by atoms with Crippen LogP contribution in [0.4, 0.5) is 5.69 Å². The second kappa shape index (κ2) is 8.19. The minimum atomic E-state index is -0.725. The Morgan fingerprint density at radius 1 is 1.30 bits per heavy atom. The number of rotatable bonds is 6. The van der Waals surface area contributed by atoms with Crippen molar-refractivity contribution < 1.29 is 19.0 Å². The van der Waals surface area contributed by atoms with E-state index in [1.165, 1.54) is 30.0 Å². The number of halogens is 1. The number of hydrogen-bond acceptors (Lipinski definition) is 8. The molecule has 0 unspecified atom stereocenters. The van der Waals surface area contributed by atoms with Gasteiger partial charge in [-0.2, -0.15) is 4.98 Å². The molecule has 0 bridgehead atoms.